The molecule has 2 aromatic rings. The predicted molar refractivity (Wildman–Crippen MR) is 112 cm³/mol. The Bertz CT molecular complexity index is 688. The molecule has 0 aliphatic carbocycles. The van der Waals surface area contributed by atoms with Gasteiger partial charge in [-0.1, -0.05) is 18.2 Å². The number of hydrogen-bond acceptors (Lipinski definition) is 3. The molecule has 1 aromatic heterocycles. The molecule has 1 fully saturated rings. The first kappa shape index (κ1) is 20.2. The van der Waals surface area contributed by atoms with Crippen LogP contribution in [0.4, 0.5) is 4.39 Å². The van der Waals surface area contributed by atoms with Crippen molar-refractivity contribution in [3.8, 4) is 0 Å². The number of morpholine rings is 1. The van der Waals surface area contributed by atoms with E-state index in [1.807, 2.05) is 0 Å². The molecule has 2 N–H and O–H groups in total. The first-order valence-electron chi connectivity index (χ1n) is 9.41. The smallest absolute Gasteiger partial charge is 0.169 e. The molecule has 0 bridgehead atoms. The van der Waals surface area contributed by atoms with E-state index in [9.17, 15) is 4.39 Å². The largest absolute Gasteiger partial charge is 0.370 e. The van der Waals surface area contributed by atoms with Crippen LogP contribution < -0.4 is 10.2 Å². The zero-order valence-electron chi connectivity index (χ0n) is 15.5. The van der Waals surface area contributed by atoms with Crippen molar-refractivity contribution in [3.05, 3.63) is 58.0 Å². The van der Waals surface area contributed by atoms with Crippen molar-refractivity contribution in [1.29, 1.82) is 0 Å². The van der Waals surface area contributed by atoms with Gasteiger partial charge in [-0.15, -0.1) is 11.3 Å². The molecule has 2 heterocycles. The minimum Gasteiger partial charge on any atom is -0.370 e. The Morgan fingerprint density at radius 2 is 2.00 bits per heavy atom. The van der Waals surface area contributed by atoms with Crippen LogP contribution in [0.15, 0.2) is 41.8 Å². The molecule has 3 rings (SSSR count). The van der Waals surface area contributed by atoms with Crippen molar-refractivity contribution < 1.29 is 14.0 Å². The van der Waals surface area contributed by atoms with E-state index in [2.05, 4.69) is 27.7 Å². The van der Waals surface area contributed by atoms with E-state index < -0.39 is 0 Å². The third-order valence-electron chi connectivity index (χ3n) is 4.73. The molecule has 0 radical (unpaired) electrons. The maximum Gasteiger partial charge on any atom is 0.169 e. The van der Waals surface area contributed by atoms with E-state index in [1.165, 1.54) is 17.0 Å². The van der Waals surface area contributed by atoms with Crippen LogP contribution in [0.25, 0.3) is 0 Å². The first-order valence-corrected chi connectivity index (χ1v) is 10.7. The van der Waals surface area contributed by atoms with E-state index >= 15 is 0 Å². The fourth-order valence-electron chi connectivity index (χ4n) is 3.16. The number of benzene rings is 1. The maximum absolute atomic E-state index is 13.1. The van der Waals surface area contributed by atoms with E-state index in [1.54, 1.807) is 28.4 Å². The Balaban J connectivity index is 1.51. The summed E-state index contributed by atoms with van der Waals surface area (Å²) in [5, 5.41) is 6.18. The lowest BCUT2D eigenvalue weighted by atomic mass is 10.2. The number of halogens is 1. The maximum atomic E-state index is 13.1. The van der Waals surface area contributed by atoms with E-state index in [0.717, 1.165) is 63.0 Å². The van der Waals surface area contributed by atoms with Crippen LogP contribution in [0.2, 0.25) is 0 Å². The Morgan fingerprint density at radius 1 is 1.22 bits per heavy atom. The molecule has 1 aliphatic rings. The van der Waals surface area contributed by atoms with Gasteiger partial charge in [0.15, 0.2) is 5.11 Å². The Labute approximate surface area is 169 Å². The first-order chi connectivity index (χ1) is 13.2. The van der Waals surface area contributed by atoms with Gasteiger partial charge in [0, 0.05) is 24.4 Å². The van der Waals surface area contributed by atoms with Crippen molar-refractivity contribution in [2.45, 2.75) is 19.5 Å². The number of hydrogen-bond donors (Lipinski definition) is 2. The van der Waals surface area contributed by atoms with Gasteiger partial charge in [-0.05, 0) is 41.4 Å². The molecule has 1 saturated heterocycles. The van der Waals surface area contributed by atoms with Gasteiger partial charge in [-0.3, -0.25) is 0 Å². The second-order valence-corrected chi connectivity index (χ2v) is 8.17. The lowest BCUT2D eigenvalue weighted by Crippen LogP contribution is -3.14. The topological polar surface area (TPSA) is 28.9 Å². The van der Waals surface area contributed by atoms with Crippen LogP contribution in [0.1, 0.15) is 16.9 Å². The molecular formula is C20H27FN3OS2+. The zero-order chi connectivity index (χ0) is 18.9. The summed E-state index contributed by atoms with van der Waals surface area (Å²) in [5.41, 5.74) is 1.02. The minimum absolute atomic E-state index is 0.216. The van der Waals surface area contributed by atoms with E-state index in [0.29, 0.717) is 6.54 Å². The summed E-state index contributed by atoms with van der Waals surface area (Å²) < 4.78 is 18.5. The number of ether oxygens (including phenoxy) is 1. The molecule has 1 aromatic carbocycles. The second kappa shape index (κ2) is 10.7. The van der Waals surface area contributed by atoms with Crippen LogP contribution in [0, 0.1) is 5.82 Å². The van der Waals surface area contributed by atoms with Gasteiger partial charge in [0.2, 0.25) is 0 Å². The molecular weight excluding hydrogens is 381 g/mol. The lowest BCUT2D eigenvalue weighted by Gasteiger charge is -2.28. The number of nitrogens with zero attached hydrogens (tertiary/aromatic N) is 1. The van der Waals surface area contributed by atoms with Crippen LogP contribution >= 0.6 is 23.6 Å². The summed E-state index contributed by atoms with van der Waals surface area (Å²) in [6, 6.07) is 10.8. The van der Waals surface area contributed by atoms with Crippen LogP contribution in [-0.2, 0) is 17.8 Å². The van der Waals surface area contributed by atoms with Crippen molar-refractivity contribution in [2.24, 2.45) is 0 Å². The molecule has 0 spiro atoms. The average molecular weight is 409 g/mol. The van der Waals surface area contributed by atoms with Gasteiger partial charge in [0.05, 0.1) is 26.3 Å². The van der Waals surface area contributed by atoms with Gasteiger partial charge in [0.25, 0.3) is 0 Å². The summed E-state index contributed by atoms with van der Waals surface area (Å²) >= 11 is 7.42. The zero-order valence-corrected chi connectivity index (χ0v) is 17.1. The Hall–Kier alpha value is -1.54. The van der Waals surface area contributed by atoms with Crippen LogP contribution in [0.3, 0.4) is 0 Å². The number of thiocarbonyl (C=S) groups is 1. The highest BCUT2D eigenvalue weighted by Crippen LogP contribution is 2.12. The second-order valence-electron chi connectivity index (χ2n) is 6.75. The van der Waals surface area contributed by atoms with E-state index in [4.69, 9.17) is 17.0 Å². The predicted octanol–water partition coefficient (Wildman–Crippen LogP) is 2.07. The van der Waals surface area contributed by atoms with Crippen LogP contribution in [-0.4, -0.2) is 49.4 Å². The van der Waals surface area contributed by atoms with Gasteiger partial charge in [-0.2, -0.15) is 0 Å². The summed E-state index contributed by atoms with van der Waals surface area (Å²) in [6.45, 7) is 7.43. The molecule has 0 saturated carbocycles. The fraction of sp³-hybridized carbons (Fsp3) is 0.450. The van der Waals surface area contributed by atoms with Gasteiger partial charge >= 0.3 is 0 Å². The van der Waals surface area contributed by atoms with Crippen molar-refractivity contribution in [2.75, 3.05) is 39.4 Å². The minimum atomic E-state index is -0.216. The molecule has 0 atom stereocenters. The van der Waals surface area contributed by atoms with Crippen molar-refractivity contribution in [1.82, 2.24) is 10.2 Å². The van der Waals surface area contributed by atoms with Crippen LogP contribution in [0.5, 0.6) is 0 Å². The molecule has 0 amide bonds. The number of rotatable bonds is 8. The standard InChI is InChI=1S/C20H26FN3OS2/c21-18-6-4-17(5-7-18)15-22-20(26)24(16-19-3-1-14-27-19)9-2-8-23-10-12-25-13-11-23/h1,3-7,14H,2,8-13,15-16H2,(H,22,26)/p+1. The normalized spacial score (nSPS) is 14.9. The summed E-state index contributed by atoms with van der Waals surface area (Å²) in [4.78, 5) is 5.16. The summed E-state index contributed by atoms with van der Waals surface area (Å²) in [7, 11) is 0. The third kappa shape index (κ3) is 6.84. The summed E-state index contributed by atoms with van der Waals surface area (Å²) in [5.74, 6) is -0.216. The summed E-state index contributed by atoms with van der Waals surface area (Å²) in [6.07, 6.45) is 1.10. The van der Waals surface area contributed by atoms with Crippen molar-refractivity contribution >= 4 is 28.7 Å². The molecule has 146 valence electrons. The van der Waals surface area contributed by atoms with Gasteiger partial charge in [-0.25, -0.2) is 4.39 Å². The molecule has 7 heteroatoms. The molecule has 27 heavy (non-hydrogen) atoms. The highest BCUT2D eigenvalue weighted by molar-refractivity contribution is 7.80. The monoisotopic (exact) mass is 408 g/mol. The Kier molecular flexibility index (Phi) is 8.01. The number of nitrogens with one attached hydrogen (secondary N) is 2. The fourth-order valence-corrected chi connectivity index (χ4v) is 4.11. The van der Waals surface area contributed by atoms with Crippen molar-refractivity contribution in [3.63, 3.8) is 0 Å². The average Bonchev–Trinajstić information content (AvgIpc) is 3.20. The lowest BCUT2D eigenvalue weighted by molar-refractivity contribution is -0.908. The SMILES string of the molecule is Fc1ccc(CNC(=S)N(CCC[NH+]2CCOCC2)Cc2cccs2)cc1. The molecule has 4 nitrogen and oxygen atoms in total. The third-order valence-corrected chi connectivity index (χ3v) is 5.99. The molecule has 1 aliphatic heterocycles. The molecule has 0 unspecified atom stereocenters. The van der Waals surface area contributed by atoms with Gasteiger partial charge in [0.1, 0.15) is 18.9 Å². The number of quaternary nitrogens is 1. The van der Waals surface area contributed by atoms with E-state index in [-0.39, 0.29) is 5.82 Å². The highest BCUT2D eigenvalue weighted by atomic mass is 32.1. The Morgan fingerprint density at radius 3 is 2.70 bits per heavy atom. The number of thiophene rings is 1. The highest BCUT2D eigenvalue weighted by Gasteiger charge is 2.16. The quantitative estimate of drug-likeness (QED) is 0.655. The van der Waals surface area contributed by atoms with Gasteiger partial charge < -0.3 is 19.9 Å².